The minimum absolute atomic E-state index is 0.0275. The van der Waals surface area contributed by atoms with Gasteiger partial charge in [-0.2, -0.15) is 0 Å². The summed E-state index contributed by atoms with van der Waals surface area (Å²) in [5.41, 5.74) is 6.05. The highest BCUT2D eigenvalue weighted by atomic mass is 32.1. The van der Waals surface area contributed by atoms with Gasteiger partial charge < -0.3 is 10.6 Å². The van der Waals surface area contributed by atoms with Crippen LogP contribution in [0.25, 0.3) is 6.08 Å². The molecular formula is C19H26N4O3S. The van der Waals surface area contributed by atoms with Crippen LogP contribution in [0.4, 0.5) is 11.5 Å². The Morgan fingerprint density at radius 3 is 2.67 bits per heavy atom. The second-order valence-electron chi connectivity index (χ2n) is 6.29. The standard InChI is InChI=1S/C19H26N4O3S/c1-4-6-11-23-17(20)16(18(25)21-19(23)26)22(10-5-2)15(24)8-7-14-13(3)9-12-27-14/h7-9,12H,4-6,10-11,20H2,1-3H3,(H,21,25,26)/b8-7-. The molecule has 0 saturated carbocycles. The van der Waals surface area contributed by atoms with Gasteiger partial charge in [-0.05, 0) is 42.9 Å². The Hall–Kier alpha value is -2.61. The lowest BCUT2D eigenvalue weighted by Crippen LogP contribution is -2.41. The summed E-state index contributed by atoms with van der Waals surface area (Å²) in [5, 5.41) is 1.95. The van der Waals surface area contributed by atoms with Gasteiger partial charge in [-0.1, -0.05) is 20.3 Å². The molecule has 2 aromatic rings. The van der Waals surface area contributed by atoms with Crippen LogP contribution >= 0.6 is 11.3 Å². The molecule has 146 valence electrons. The number of carbonyl (C=O) groups excluding carboxylic acids is 1. The second-order valence-corrected chi connectivity index (χ2v) is 7.24. The number of unbranched alkanes of at least 4 members (excludes halogenated alkanes) is 1. The molecule has 0 aliphatic rings. The Morgan fingerprint density at radius 2 is 2.07 bits per heavy atom. The first kappa shape index (κ1) is 20.7. The van der Waals surface area contributed by atoms with Crippen LogP contribution in [0.3, 0.4) is 0 Å². The molecule has 0 spiro atoms. The average molecular weight is 391 g/mol. The molecule has 0 saturated heterocycles. The van der Waals surface area contributed by atoms with E-state index in [4.69, 9.17) is 5.73 Å². The summed E-state index contributed by atoms with van der Waals surface area (Å²) in [4.78, 5) is 41.9. The molecule has 0 fully saturated rings. The van der Waals surface area contributed by atoms with Crippen molar-refractivity contribution in [3.8, 4) is 0 Å². The van der Waals surface area contributed by atoms with E-state index in [1.54, 1.807) is 6.08 Å². The predicted octanol–water partition coefficient (Wildman–Crippen LogP) is 2.75. The van der Waals surface area contributed by atoms with Crippen molar-refractivity contribution in [3.63, 3.8) is 0 Å². The Morgan fingerprint density at radius 1 is 1.33 bits per heavy atom. The highest BCUT2D eigenvalue weighted by molar-refractivity contribution is 7.11. The number of amides is 1. The van der Waals surface area contributed by atoms with Gasteiger partial charge in [0.1, 0.15) is 5.82 Å². The van der Waals surface area contributed by atoms with Gasteiger partial charge in [0.05, 0.1) is 0 Å². The zero-order valence-electron chi connectivity index (χ0n) is 15.9. The smallest absolute Gasteiger partial charge is 0.330 e. The molecule has 2 aromatic heterocycles. The first-order chi connectivity index (χ1) is 12.9. The first-order valence-corrected chi connectivity index (χ1v) is 9.94. The number of carbonyl (C=O) groups is 1. The summed E-state index contributed by atoms with van der Waals surface area (Å²) < 4.78 is 1.32. The van der Waals surface area contributed by atoms with E-state index in [-0.39, 0.29) is 17.4 Å². The fourth-order valence-corrected chi connectivity index (χ4v) is 3.54. The molecule has 1 amide bonds. The van der Waals surface area contributed by atoms with Gasteiger partial charge in [-0.25, -0.2) is 4.79 Å². The van der Waals surface area contributed by atoms with Gasteiger partial charge >= 0.3 is 5.69 Å². The van der Waals surface area contributed by atoms with Crippen molar-refractivity contribution in [3.05, 3.63) is 48.8 Å². The molecule has 0 aromatic carbocycles. The fourth-order valence-electron chi connectivity index (χ4n) is 2.72. The van der Waals surface area contributed by atoms with Gasteiger partial charge in [0, 0.05) is 24.0 Å². The van der Waals surface area contributed by atoms with Gasteiger partial charge in [0.2, 0.25) is 0 Å². The summed E-state index contributed by atoms with van der Waals surface area (Å²) >= 11 is 1.54. The lowest BCUT2D eigenvalue weighted by atomic mass is 10.2. The zero-order chi connectivity index (χ0) is 20.0. The molecule has 3 N–H and O–H groups in total. The van der Waals surface area contributed by atoms with Crippen LogP contribution in [0, 0.1) is 6.92 Å². The molecule has 0 bridgehead atoms. The number of rotatable bonds is 8. The number of nitrogens with one attached hydrogen (secondary N) is 1. The maximum absolute atomic E-state index is 12.8. The Labute approximate surface area is 162 Å². The number of aromatic amines is 1. The number of thiophene rings is 1. The summed E-state index contributed by atoms with van der Waals surface area (Å²) in [6, 6.07) is 1.98. The van der Waals surface area contributed by atoms with Crippen molar-refractivity contribution in [2.75, 3.05) is 17.2 Å². The first-order valence-electron chi connectivity index (χ1n) is 9.06. The van der Waals surface area contributed by atoms with E-state index in [0.29, 0.717) is 19.5 Å². The Balaban J connectivity index is 2.45. The third kappa shape index (κ3) is 4.77. The van der Waals surface area contributed by atoms with E-state index in [1.807, 2.05) is 32.2 Å². The molecular weight excluding hydrogens is 364 g/mol. The van der Waals surface area contributed by atoms with Crippen molar-refractivity contribution in [2.45, 2.75) is 46.6 Å². The van der Waals surface area contributed by atoms with Gasteiger partial charge in [0.15, 0.2) is 5.69 Å². The Kier molecular flexibility index (Phi) is 7.18. The van der Waals surface area contributed by atoms with Crippen LogP contribution in [0.1, 0.15) is 43.6 Å². The van der Waals surface area contributed by atoms with Crippen molar-refractivity contribution in [1.29, 1.82) is 0 Å². The van der Waals surface area contributed by atoms with Crippen LogP contribution < -0.4 is 21.9 Å². The maximum Gasteiger partial charge on any atom is 0.330 e. The summed E-state index contributed by atoms with van der Waals surface area (Å²) in [6.07, 6.45) is 5.44. The fraction of sp³-hybridized carbons (Fsp3) is 0.421. The summed E-state index contributed by atoms with van der Waals surface area (Å²) in [7, 11) is 0. The number of hydrogen-bond donors (Lipinski definition) is 2. The number of nitrogen functional groups attached to an aromatic ring is 1. The SMILES string of the molecule is CCCCn1c(N)c(N(CCC)C(=O)/C=C\c2sccc2C)c(=O)[nH]c1=O. The quantitative estimate of drug-likeness (QED) is 0.677. The number of H-pyrrole nitrogens is 1. The van der Waals surface area contributed by atoms with E-state index < -0.39 is 11.2 Å². The van der Waals surface area contributed by atoms with Gasteiger partial charge in [-0.3, -0.25) is 19.1 Å². The monoisotopic (exact) mass is 390 g/mol. The van der Waals surface area contributed by atoms with E-state index in [1.165, 1.54) is 26.9 Å². The van der Waals surface area contributed by atoms with Crippen LogP contribution in [-0.2, 0) is 11.3 Å². The molecule has 0 aliphatic carbocycles. The largest absolute Gasteiger partial charge is 0.383 e. The third-order valence-corrected chi connectivity index (χ3v) is 5.20. The molecule has 2 heterocycles. The molecule has 27 heavy (non-hydrogen) atoms. The number of nitrogens with two attached hydrogens (primary N) is 1. The number of anilines is 2. The lowest BCUT2D eigenvalue weighted by molar-refractivity contribution is -0.114. The van der Waals surface area contributed by atoms with Crippen LogP contribution in [0.15, 0.2) is 27.1 Å². The van der Waals surface area contributed by atoms with E-state index >= 15 is 0 Å². The van der Waals surface area contributed by atoms with Crippen molar-refractivity contribution in [2.24, 2.45) is 0 Å². The highest BCUT2D eigenvalue weighted by Gasteiger charge is 2.22. The number of aromatic nitrogens is 2. The molecule has 0 atom stereocenters. The molecule has 0 aliphatic heterocycles. The van der Waals surface area contributed by atoms with E-state index in [9.17, 15) is 14.4 Å². The molecule has 8 heteroatoms. The van der Waals surface area contributed by atoms with Gasteiger partial charge in [0.25, 0.3) is 11.5 Å². The Bertz CT molecular complexity index is 939. The van der Waals surface area contributed by atoms with E-state index in [2.05, 4.69) is 4.98 Å². The molecule has 0 radical (unpaired) electrons. The maximum atomic E-state index is 12.8. The average Bonchev–Trinajstić information content (AvgIpc) is 3.03. The normalized spacial score (nSPS) is 11.2. The molecule has 2 rings (SSSR count). The zero-order valence-corrected chi connectivity index (χ0v) is 16.8. The second kappa shape index (κ2) is 9.36. The topological polar surface area (TPSA) is 101 Å². The van der Waals surface area contributed by atoms with Crippen molar-refractivity contribution in [1.82, 2.24) is 9.55 Å². The van der Waals surface area contributed by atoms with Crippen LogP contribution in [0.2, 0.25) is 0 Å². The highest BCUT2D eigenvalue weighted by Crippen LogP contribution is 2.20. The predicted molar refractivity (Wildman–Crippen MR) is 111 cm³/mol. The number of nitrogens with zero attached hydrogens (tertiary/aromatic N) is 2. The minimum atomic E-state index is -0.646. The summed E-state index contributed by atoms with van der Waals surface area (Å²) in [5.74, 6) is -0.317. The van der Waals surface area contributed by atoms with Gasteiger partial charge in [-0.15, -0.1) is 11.3 Å². The van der Waals surface area contributed by atoms with Crippen molar-refractivity contribution < 1.29 is 4.79 Å². The third-order valence-electron chi connectivity index (χ3n) is 4.21. The van der Waals surface area contributed by atoms with E-state index in [0.717, 1.165) is 23.3 Å². The number of aryl methyl sites for hydroxylation is 1. The minimum Gasteiger partial charge on any atom is -0.383 e. The van der Waals surface area contributed by atoms with Crippen LogP contribution in [0.5, 0.6) is 0 Å². The van der Waals surface area contributed by atoms with Crippen LogP contribution in [-0.4, -0.2) is 22.0 Å². The molecule has 7 nitrogen and oxygen atoms in total. The number of hydrogen-bond acceptors (Lipinski definition) is 5. The summed E-state index contributed by atoms with van der Waals surface area (Å²) in [6.45, 7) is 6.59. The lowest BCUT2D eigenvalue weighted by Gasteiger charge is -2.23. The molecule has 0 unspecified atom stereocenters. The van der Waals surface area contributed by atoms with Crippen molar-refractivity contribution >= 4 is 34.8 Å².